The van der Waals surface area contributed by atoms with E-state index in [4.69, 9.17) is 21.1 Å². The molecule has 0 aliphatic heterocycles. The third-order valence-corrected chi connectivity index (χ3v) is 3.99. The van der Waals surface area contributed by atoms with Gasteiger partial charge in [0.15, 0.2) is 5.76 Å². The van der Waals surface area contributed by atoms with Crippen LogP contribution in [0.15, 0.2) is 40.3 Å². The summed E-state index contributed by atoms with van der Waals surface area (Å²) in [6.07, 6.45) is 1.17. The number of phenolic OH excluding ortho intramolecular Hbond substituents is 1. The molecule has 0 radical (unpaired) electrons. The van der Waals surface area contributed by atoms with Crippen LogP contribution in [0.1, 0.15) is 10.4 Å². The van der Waals surface area contributed by atoms with Gasteiger partial charge in [0.05, 0.1) is 10.6 Å². The molecule has 106 valence electrons. The average Bonchev–Trinajstić information content (AvgIpc) is 3.09. The van der Waals surface area contributed by atoms with E-state index in [1.807, 2.05) is 0 Å². The Balaban J connectivity index is 1.95. The second-order valence-electron chi connectivity index (χ2n) is 4.21. The Morgan fingerprint density at radius 1 is 1.33 bits per heavy atom. The highest BCUT2D eigenvalue weighted by molar-refractivity contribution is 7.13. The van der Waals surface area contributed by atoms with Gasteiger partial charge < -0.3 is 14.6 Å². The van der Waals surface area contributed by atoms with Gasteiger partial charge in [-0.15, -0.1) is 11.3 Å². The van der Waals surface area contributed by atoms with E-state index < -0.39 is 5.97 Å². The van der Waals surface area contributed by atoms with Crippen LogP contribution in [0.2, 0.25) is 5.02 Å². The van der Waals surface area contributed by atoms with E-state index >= 15 is 0 Å². The third-order valence-electron chi connectivity index (χ3n) is 2.80. The predicted molar refractivity (Wildman–Crippen MR) is 78.9 cm³/mol. The van der Waals surface area contributed by atoms with Crippen molar-refractivity contribution in [3.05, 3.63) is 46.5 Å². The van der Waals surface area contributed by atoms with Gasteiger partial charge in [-0.25, -0.2) is 9.78 Å². The topological polar surface area (TPSA) is 83.6 Å². The summed E-state index contributed by atoms with van der Waals surface area (Å²) in [4.78, 5) is 15.2. The molecule has 2 heterocycles. The molecule has 0 saturated carbocycles. The van der Waals surface area contributed by atoms with Crippen LogP contribution in [0.25, 0.3) is 22.0 Å². The predicted octanol–water partition coefficient (Wildman–Crippen LogP) is 4.13. The minimum atomic E-state index is -1.05. The molecule has 0 atom stereocenters. The van der Waals surface area contributed by atoms with E-state index in [1.165, 1.54) is 29.7 Å². The van der Waals surface area contributed by atoms with Gasteiger partial charge in [0.1, 0.15) is 22.7 Å². The minimum Gasteiger partial charge on any atom is -0.506 e. The lowest BCUT2D eigenvalue weighted by atomic mass is 10.2. The number of aromatic hydroxyl groups is 1. The molecule has 0 bridgehead atoms. The third kappa shape index (κ3) is 2.63. The van der Waals surface area contributed by atoms with Crippen LogP contribution in [0.3, 0.4) is 0 Å². The Hall–Kier alpha value is -2.31. The van der Waals surface area contributed by atoms with Crippen molar-refractivity contribution in [2.24, 2.45) is 0 Å². The maximum atomic E-state index is 10.8. The molecule has 7 heteroatoms. The van der Waals surface area contributed by atoms with Gasteiger partial charge in [-0.1, -0.05) is 11.6 Å². The number of benzene rings is 1. The van der Waals surface area contributed by atoms with Gasteiger partial charge in [-0.05, 0) is 18.2 Å². The zero-order chi connectivity index (χ0) is 15.0. The summed E-state index contributed by atoms with van der Waals surface area (Å²) in [5, 5.41) is 21.0. The first-order chi connectivity index (χ1) is 10.0. The highest BCUT2D eigenvalue weighted by Gasteiger charge is 2.14. The normalized spacial score (nSPS) is 10.7. The maximum Gasteiger partial charge on any atom is 0.338 e. The molecule has 0 aliphatic carbocycles. The van der Waals surface area contributed by atoms with Gasteiger partial charge in [0.2, 0.25) is 0 Å². The molecule has 0 unspecified atom stereocenters. The largest absolute Gasteiger partial charge is 0.506 e. The summed E-state index contributed by atoms with van der Waals surface area (Å²) < 4.78 is 5.20. The Morgan fingerprint density at radius 2 is 2.14 bits per heavy atom. The molecular weight excluding hydrogens is 314 g/mol. The molecule has 2 aromatic heterocycles. The second-order valence-corrected chi connectivity index (χ2v) is 5.47. The van der Waals surface area contributed by atoms with Crippen LogP contribution in [0.4, 0.5) is 0 Å². The molecule has 0 aliphatic rings. The summed E-state index contributed by atoms with van der Waals surface area (Å²) in [6, 6.07) is 6.23. The van der Waals surface area contributed by atoms with Crippen LogP contribution in [-0.2, 0) is 0 Å². The van der Waals surface area contributed by atoms with Crippen LogP contribution < -0.4 is 0 Å². The fraction of sp³-hybridized carbons (Fsp3) is 0. The van der Waals surface area contributed by atoms with E-state index in [1.54, 1.807) is 17.5 Å². The summed E-state index contributed by atoms with van der Waals surface area (Å²) in [6.45, 7) is 0. The van der Waals surface area contributed by atoms with Crippen molar-refractivity contribution in [3.63, 3.8) is 0 Å². The fourth-order valence-corrected chi connectivity index (χ4v) is 2.73. The monoisotopic (exact) mass is 321 g/mol. The van der Waals surface area contributed by atoms with Gasteiger partial charge in [0, 0.05) is 17.0 Å². The molecular formula is C14H8ClNO4S. The number of aromatic nitrogens is 1. The molecule has 21 heavy (non-hydrogen) atoms. The number of thiazole rings is 1. The lowest BCUT2D eigenvalue weighted by molar-refractivity contribution is 0.0696. The first kappa shape index (κ1) is 13.7. The number of hydrogen-bond acceptors (Lipinski definition) is 5. The lowest BCUT2D eigenvalue weighted by Gasteiger charge is -1.99. The van der Waals surface area contributed by atoms with Gasteiger partial charge in [0.25, 0.3) is 0 Å². The molecule has 0 spiro atoms. The molecule has 0 saturated heterocycles. The van der Waals surface area contributed by atoms with Crippen molar-refractivity contribution in [2.45, 2.75) is 0 Å². The number of phenols is 1. The number of halogens is 1. The molecule has 2 N–H and O–H groups in total. The zero-order valence-electron chi connectivity index (χ0n) is 10.4. The molecule has 0 amide bonds. The number of hydrogen-bond donors (Lipinski definition) is 2. The Morgan fingerprint density at radius 3 is 2.81 bits per heavy atom. The molecule has 0 fully saturated rings. The Labute approximate surface area is 128 Å². The van der Waals surface area contributed by atoms with E-state index in [0.29, 0.717) is 16.5 Å². The summed E-state index contributed by atoms with van der Waals surface area (Å²) >= 11 is 7.24. The first-order valence-corrected chi connectivity index (χ1v) is 7.07. The molecule has 5 nitrogen and oxygen atoms in total. The van der Waals surface area contributed by atoms with Gasteiger partial charge >= 0.3 is 5.97 Å². The maximum absolute atomic E-state index is 10.8. The van der Waals surface area contributed by atoms with Crippen LogP contribution in [0.5, 0.6) is 5.75 Å². The van der Waals surface area contributed by atoms with Gasteiger partial charge in [-0.2, -0.15) is 0 Å². The highest BCUT2D eigenvalue weighted by Crippen LogP contribution is 2.33. The van der Waals surface area contributed by atoms with Crippen molar-refractivity contribution in [3.8, 4) is 27.8 Å². The average molecular weight is 322 g/mol. The molecule has 3 aromatic rings. The number of carboxylic acid groups (broad SMARTS) is 1. The summed E-state index contributed by atoms with van der Waals surface area (Å²) in [5.41, 5.74) is 1.39. The van der Waals surface area contributed by atoms with Crippen molar-refractivity contribution in [1.82, 2.24) is 4.98 Å². The number of carboxylic acids is 1. The van der Waals surface area contributed by atoms with Crippen LogP contribution in [-0.4, -0.2) is 21.2 Å². The summed E-state index contributed by atoms with van der Waals surface area (Å²) in [7, 11) is 0. The van der Waals surface area contributed by atoms with Crippen LogP contribution in [0, 0.1) is 0 Å². The molecule has 1 aromatic carbocycles. The van der Waals surface area contributed by atoms with E-state index in [2.05, 4.69) is 4.98 Å². The quantitative estimate of drug-likeness (QED) is 0.757. The van der Waals surface area contributed by atoms with Crippen molar-refractivity contribution >= 4 is 28.9 Å². The second kappa shape index (κ2) is 5.23. The Kier molecular flexibility index (Phi) is 3.40. The SMILES string of the molecule is O=C(O)c1coc(-c2csc(-c3ccc(O)c(Cl)c3)n2)c1. The fourth-order valence-electron chi connectivity index (χ4n) is 1.74. The number of rotatable bonds is 3. The smallest absolute Gasteiger partial charge is 0.338 e. The number of aromatic carboxylic acids is 1. The van der Waals surface area contributed by atoms with E-state index in [9.17, 15) is 9.90 Å². The zero-order valence-corrected chi connectivity index (χ0v) is 12.0. The van der Waals surface area contributed by atoms with Crippen molar-refractivity contribution in [2.75, 3.05) is 0 Å². The lowest BCUT2D eigenvalue weighted by Crippen LogP contribution is -1.91. The summed E-state index contributed by atoms with van der Waals surface area (Å²) in [5.74, 6) is -0.653. The van der Waals surface area contributed by atoms with E-state index in [-0.39, 0.29) is 16.3 Å². The van der Waals surface area contributed by atoms with Crippen molar-refractivity contribution < 1.29 is 19.4 Å². The number of carbonyl (C=O) groups is 1. The highest BCUT2D eigenvalue weighted by atomic mass is 35.5. The number of furan rings is 1. The minimum absolute atomic E-state index is 0.00864. The van der Waals surface area contributed by atoms with Crippen molar-refractivity contribution in [1.29, 1.82) is 0 Å². The van der Waals surface area contributed by atoms with E-state index in [0.717, 1.165) is 5.56 Å². The van der Waals surface area contributed by atoms with Crippen LogP contribution >= 0.6 is 22.9 Å². The number of nitrogens with zero attached hydrogens (tertiary/aromatic N) is 1. The van der Waals surface area contributed by atoms with Gasteiger partial charge in [-0.3, -0.25) is 0 Å². The Bertz CT molecular complexity index is 824. The molecule has 3 rings (SSSR count). The first-order valence-electron chi connectivity index (χ1n) is 5.81. The standard InChI is InChI=1S/C14H8ClNO4S/c15-9-3-7(1-2-11(9)17)13-16-10(6-21-13)12-4-8(5-20-12)14(18)19/h1-6,17H,(H,18,19).